The second-order valence-electron chi connectivity index (χ2n) is 9.19. The number of benzene rings is 3. The summed E-state index contributed by atoms with van der Waals surface area (Å²) < 4.78 is 11.4. The summed E-state index contributed by atoms with van der Waals surface area (Å²) in [5.41, 5.74) is 6.62. The van der Waals surface area contributed by atoms with Crippen molar-refractivity contribution in [3.63, 3.8) is 0 Å². The van der Waals surface area contributed by atoms with Gasteiger partial charge in [0.25, 0.3) is 5.89 Å². The van der Waals surface area contributed by atoms with Gasteiger partial charge in [0.15, 0.2) is 0 Å². The van der Waals surface area contributed by atoms with Crippen LogP contribution in [0.25, 0.3) is 17.0 Å². The summed E-state index contributed by atoms with van der Waals surface area (Å²) in [6.07, 6.45) is 0. The molecule has 0 bridgehead atoms. The van der Waals surface area contributed by atoms with E-state index in [-0.39, 0.29) is 6.03 Å². The molecular formula is C30H30N4O3. The Bertz CT molecular complexity index is 1460. The first kappa shape index (κ1) is 24.3. The topological polar surface area (TPSA) is 80.5 Å². The lowest BCUT2D eigenvalue weighted by atomic mass is 9.94. The summed E-state index contributed by atoms with van der Waals surface area (Å²) in [5, 5.41) is 7.45. The van der Waals surface area contributed by atoms with Gasteiger partial charge < -0.3 is 14.6 Å². The van der Waals surface area contributed by atoms with E-state index in [1.54, 1.807) is 4.90 Å². The average molecular weight is 495 g/mol. The lowest BCUT2D eigenvalue weighted by Crippen LogP contribution is -2.45. The standard InChI is InChI=1S/C30H30N4O3/c1-5-36-25-15-13-22(14-16-25)27-26(29-32-28(33-37-29)23-12-8-9-19(2)17-23)21(4)34(30(35)31-27)18-24-11-7-6-10-20(24)3/h6-17,27H,5,18H2,1-4H3,(H,31,35). The zero-order valence-corrected chi connectivity index (χ0v) is 21.5. The van der Waals surface area contributed by atoms with Crippen molar-refractivity contribution >= 4 is 11.6 Å². The van der Waals surface area contributed by atoms with Crippen LogP contribution >= 0.6 is 0 Å². The lowest BCUT2D eigenvalue weighted by molar-refractivity contribution is 0.203. The Morgan fingerprint density at radius 2 is 1.78 bits per heavy atom. The molecule has 0 spiro atoms. The van der Waals surface area contributed by atoms with E-state index in [9.17, 15) is 4.79 Å². The van der Waals surface area contributed by atoms with E-state index in [1.165, 1.54) is 0 Å². The maximum absolute atomic E-state index is 13.4. The molecule has 0 saturated carbocycles. The number of rotatable bonds is 7. The molecular weight excluding hydrogens is 464 g/mol. The van der Waals surface area contributed by atoms with Crippen LogP contribution in [0.1, 0.15) is 48.0 Å². The smallest absolute Gasteiger partial charge is 0.322 e. The first-order valence-corrected chi connectivity index (χ1v) is 12.4. The molecule has 1 N–H and O–H groups in total. The second-order valence-corrected chi connectivity index (χ2v) is 9.19. The predicted octanol–water partition coefficient (Wildman–Crippen LogP) is 6.45. The maximum atomic E-state index is 13.4. The molecule has 7 nitrogen and oxygen atoms in total. The summed E-state index contributed by atoms with van der Waals surface area (Å²) in [4.78, 5) is 19.9. The third-order valence-corrected chi connectivity index (χ3v) is 6.64. The van der Waals surface area contributed by atoms with Gasteiger partial charge >= 0.3 is 6.03 Å². The van der Waals surface area contributed by atoms with Crippen LogP contribution < -0.4 is 10.1 Å². The Labute approximate surface area is 216 Å². The SMILES string of the molecule is CCOc1ccc(C2NC(=O)N(Cc3ccccc3C)C(C)=C2c2nc(-c3cccc(C)c3)no2)cc1. The van der Waals surface area contributed by atoms with Crippen molar-refractivity contribution in [3.05, 3.63) is 107 Å². The quantitative estimate of drug-likeness (QED) is 0.319. The minimum atomic E-state index is -0.456. The number of aromatic nitrogens is 2. The normalized spacial score (nSPS) is 15.6. The molecule has 1 aromatic heterocycles. The summed E-state index contributed by atoms with van der Waals surface area (Å²) in [5.74, 6) is 1.66. The monoisotopic (exact) mass is 494 g/mol. The summed E-state index contributed by atoms with van der Waals surface area (Å²) in [6.45, 7) is 8.98. The van der Waals surface area contributed by atoms with Crippen molar-refractivity contribution in [2.45, 2.75) is 40.3 Å². The number of urea groups is 1. The first-order valence-electron chi connectivity index (χ1n) is 12.4. The molecule has 0 saturated heterocycles. The number of nitrogens with one attached hydrogen (secondary N) is 1. The Morgan fingerprint density at radius 3 is 2.51 bits per heavy atom. The molecule has 1 aliphatic rings. The zero-order chi connectivity index (χ0) is 25.9. The highest BCUT2D eigenvalue weighted by Gasteiger charge is 2.36. The third kappa shape index (κ3) is 4.98. The highest BCUT2D eigenvalue weighted by Crippen LogP contribution is 2.38. The summed E-state index contributed by atoms with van der Waals surface area (Å²) in [6, 6.07) is 23.1. The third-order valence-electron chi connectivity index (χ3n) is 6.64. The van der Waals surface area contributed by atoms with Crippen LogP contribution in [0.2, 0.25) is 0 Å². The Hall–Kier alpha value is -4.39. The van der Waals surface area contributed by atoms with E-state index in [4.69, 9.17) is 14.2 Å². The number of allylic oxidation sites excluding steroid dienone is 1. The molecule has 0 fully saturated rings. The highest BCUT2D eigenvalue weighted by molar-refractivity contribution is 5.87. The summed E-state index contributed by atoms with van der Waals surface area (Å²) in [7, 11) is 0. The van der Waals surface area contributed by atoms with E-state index >= 15 is 0 Å². The molecule has 0 radical (unpaired) electrons. The maximum Gasteiger partial charge on any atom is 0.322 e. The van der Waals surface area contributed by atoms with Gasteiger partial charge in [0, 0.05) is 11.3 Å². The molecule has 188 valence electrons. The van der Waals surface area contributed by atoms with Gasteiger partial charge in [0.2, 0.25) is 5.82 Å². The summed E-state index contributed by atoms with van der Waals surface area (Å²) >= 11 is 0. The lowest BCUT2D eigenvalue weighted by Gasteiger charge is -2.35. The predicted molar refractivity (Wildman–Crippen MR) is 143 cm³/mol. The zero-order valence-electron chi connectivity index (χ0n) is 21.5. The molecule has 7 heteroatoms. The van der Waals surface area contributed by atoms with Crippen LogP contribution in [0, 0.1) is 13.8 Å². The van der Waals surface area contributed by atoms with Crippen LogP contribution in [0.3, 0.4) is 0 Å². The van der Waals surface area contributed by atoms with Gasteiger partial charge in [-0.25, -0.2) is 4.79 Å². The van der Waals surface area contributed by atoms with E-state index in [0.717, 1.165) is 44.8 Å². The molecule has 5 rings (SSSR count). The van der Waals surface area contributed by atoms with E-state index < -0.39 is 6.04 Å². The highest BCUT2D eigenvalue weighted by atomic mass is 16.5. The van der Waals surface area contributed by atoms with Crippen LogP contribution in [0.5, 0.6) is 5.75 Å². The van der Waals surface area contributed by atoms with Gasteiger partial charge in [-0.2, -0.15) is 4.98 Å². The Kier molecular flexibility index (Phi) is 6.77. The molecule has 4 aromatic rings. The molecule has 2 heterocycles. The largest absolute Gasteiger partial charge is 0.494 e. The van der Waals surface area contributed by atoms with Crippen LogP contribution in [0.4, 0.5) is 4.79 Å². The molecule has 1 aliphatic heterocycles. The number of aryl methyl sites for hydroxylation is 2. The fraction of sp³-hybridized carbons (Fsp3) is 0.233. The number of carbonyl (C=O) groups is 1. The van der Waals surface area contributed by atoms with Gasteiger partial charge in [-0.15, -0.1) is 0 Å². The van der Waals surface area contributed by atoms with Crippen LogP contribution in [0.15, 0.2) is 83.0 Å². The fourth-order valence-corrected chi connectivity index (χ4v) is 4.61. The molecule has 3 aromatic carbocycles. The van der Waals surface area contributed by atoms with Crippen molar-refractivity contribution < 1.29 is 14.1 Å². The molecule has 37 heavy (non-hydrogen) atoms. The van der Waals surface area contributed by atoms with Gasteiger partial charge in [-0.05, 0) is 62.6 Å². The van der Waals surface area contributed by atoms with Crippen LogP contribution in [-0.4, -0.2) is 27.7 Å². The average Bonchev–Trinajstić information content (AvgIpc) is 3.38. The van der Waals surface area contributed by atoms with Gasteiger partial charge in [0.05, 0.1) is 24.8 Å². The van der Waals surface area contributed by atoms with Crippen LogP contribution in [-0.2, 0) is 6.54 Å². The van der Waals surface area contributed by atoms with Crippen molar-refractivity contribution in [2.24, 2.45) is 0 Å². The van der Waals surface area contributed by atoms with E-state index in [1.807, 2.05) is 100 Å². The van der Waals surface area contributed by atoms with Gasteiger partial charge in [0.1, 0.15) is 5.75 Å². The van der Waals surface area contributed by atoms with E-state index in [0.29, 0.717) is 24.9 Å². The first-order chi connectivity index (χ1) is 17.9. The van der Waals surface area contributed by atoms with Crippen molar-refractivity contribution in [1.29, 1.82) is 0 Å². The minimum absolute atomic E-state index is 0.179. The van der Waals surface area contributed by atoms with E-state index in [2.05, 4.69) is 10.5 Å². The molecule has 1 atom stereocenters. The number of hydrogen-bond acceptors (Lipinski definition) is 5. The number of hydrogen-bond donors (Lipinski definition) is 1. The number of carbonyl (C=O) groups excluding carboxylic acids is 1. The number of amides is 2. The Balaban J connectivity index is 1.59. The van der Waals surface area contributed by atoms with Crippen molar-refractivity contribution in [2.75, 3.05) is 6.61 Å². The molecule has 2 amide bonds. The van der Waals surface area contributed by atoms with Crippen molar-refractivity contribution in [3.8, 4) is 17.1 Å². The number of nitrogens with zero attached hydrogens (tertiary/aromatic N) is 3. The second kappa shape index (κ2) is 10.3. The van der Waals surface area contributed by atoms with Gasteiger partial charge in [-0.1, -0.05) is 65.3 Å². The molecule has 0 aliphatic carbocycles. The Morgan fingerprint density at radius 1 is 1.00 bits per heavy atom. The minimum Gasteiger partial charge on any atom is -0.494 e. The number of ether oxygens (including phenoxy) is 1. The fourth-order valence-electron chi connectivity index (χ4n) is 4.61. The van der Waals surface area contributed by atoms with Crippen molar-refractivity contribution in [1.82, 2.24) is 20.4 Å². The molecule has 1 unspecified atom stereocenters. The van der Waals surface area contributed by atoms with Gasteiger partial charge in [-0.3, -0.25) is 4.90 Å².